The molecule has 0 bridgehead atoms. The molecule has 0 amide bonds. The number of rotatable bonds is 3. The van der Waals surface area contributed by atoms with Gasteiger partial charge in [-0.25, -0.2) is 0 Å². The smallest absolute Gasteiger partial charge is 0.107 e. The molecule has 3 rings (SSSR count). The second-order valence-electron chi connectivity index (χ2n) is 4.63. The van der Waals surface area contributed by atoms with Crippen LogP contribution in [-0.2, 0) is 0 Å². The number of hydrogen-bond donors (Lipinski definition) is 2. The number of nitrogens with zero attached hydrogens (tertiary/aromatic N) is 1. The van der Waals surface area contributed by atoms with E-state index >= 15 is 0 Å². The van der Waals surface area contributed by atoms with E-state index < -0.39 is 0 Å². The van der Waals surface area contributed by atoms with Crippen LogP contribution in [0.3, 0.4) is 0 Å². The highest BCUT2D eigenvalue weighted by Gasteiger charge is 2.18. The third-order valence-corrected chi connectivity index (χ3v) is 4.70. The number of pyridine rings is 1. The highest BCUT2D eigenvalue weighted by molar-refractivity contribution is 7.99. The van der Waals surface area contributed by atoms with Crippen molar-refractivity contribution < 1.29 is 0 Å². The fourth-order valence-corrected chi connectivity index (χ4v) is 3.64. The van der Waals surface area contributed by atoms with Crippen LogP contribution in [0.5, 0.6) is 0 Å². The zero-order chi connectivity index (χ0) is 13.2. The SMILES string of the molecule is NC(=S)c1cnc2ccccc2c1NC1CCSC1. The maximum absolute atomic E-state index is 5.83. The first-order chi connectivity index (χ1) is 9.25. The van der Waals surface area contributed by atoms with Gasteiger partial charge >= 0.3 is 0 Å². The van der Waals surface area contributed by atoms with Crippen molar-refractivity contribution in [3.05, 3.63) is 36.0 Å². The molecule has 98 valence electrons. The second-order valence-corrected chi connectivity index (χ2v) is 6.22. The monoisotopic (exact) mass is 289 g/mol. The van der Waals surface area contributed by atoms with Crippen molar-refractivity contribution in [2.75, 3.05) is 16.8 Å². The minimum Gasteiger partial charge on any atom is -0.389 e. The standard InChI is InChI=1S/C14H15N3S2/c15-14(18)11-7-16-12-4-2-1-3-10(12)13(11)17-9-5-6-19-8-9/h1-4,7,9H,5-6,8H2,(H2,15,18)(H,16,17). The lowest BCUT2D eigenvalue weighted by Gasteiger charge is -2.18. The van der Waals surface area contributed by atoms with Crippen molar-refractivity contribution in [1.82, 2.24) is 4.98 Å². The molecule has 3 N–H and O–H groups in total. The minimum atomic E-state index is 0.395. The first kappa shape index (κ1) is 12.7. The van der Waals surface area contributed by atoms with Crippen molar-refractivity contribution in [3.63, 3.8) is 0 Å². The molecule has 5 heteroatoms. The molecule has 1 aromatic carbocycles. The summed E-state index contributed by atoms with van der Waals surface area (Å²) in [6.07, 6.45) is 2.95. The molecular formula is C14H15N3S2. The van der Waals surface area contributed by atoms with Crippen LogP contribution in [0.15, 0.2) is 30.5 Å². The second kappa shape index (κ2) is 5.35. The Morgan fingerprint density at radius 2 is 2.26 bits per heavy atom. The summed E-state index contributed by atoms with van der Waals surface area (Å²) < 4.78 is 0. The Balaban J connectivity index is 2.10. The molecule has 1 aromatic heterocycles. The number of hydrogen-bond acceptors (Lipinski definition) is 4. The quantitative estimate of drug-likeness (QED) is 0.851. The van der Waals surface area contributed by atoms with E-state index in [-0.39, 0.29) is 0 Å². The number of benzene rings is 1. The van der Waals surface area contributed by atoms with Gasteiger partial charge in [0.25, 0.3) is 0 Å². The van der Waals surface area contributed by atoms with Gasteiger partial charge in [0.05, 0.1) is 16.8 Å². The largest absolute Gasteiger partial charge is 0.389 e. The van der Waals surface area contributed by atoms with E-state index in [4.69, 9.17) is 18.0 Å². The van der Waals surface area contributed by atoms with E-state index in [1.807, 2.05) is 30.0 Å². The molecule has 2 aromatic rings. The predicted molar refractivity (Wildman–Crippen MR) is 87.0 cm³/mol. The van der Waals surface area contributed by atoms with Crippen LogP contribution in [0, 0.1) is 0 Å². The van der Waals surface area contributed by atoms with Crippen LogP contribution < -0.4 is 11.1 Å². The van der Waals surface area contributed by atoms with Gasteiger partial charge in [-0.05, 0) is 18.2 Å². The first-order valence-corrected chi connectivity index (χ1v) is 7.84. The molecule has 1 unspecified atom stereocenters. The summed E-state index contributed by atoms with van der Waals surface area (Å²) in [6, 6.07) is 8.57. The zero-order valence-corrected chi connectivity index (χ0v) is 12.1. The fourth-order valence-electron chi connectivity index (χ4n) is 2.34. The van der Waals surface area contributed by atoms with Gasteiger partial charge in [0.1, 0.15) is 4.99 Å². The van der Waals surface area contributed by atoms with E-state index in [2.05, 4.69) is 16.4 Å². The average Bonchev–Trinajstić information content (AvgIpc) is 2.92. The van der Waals surface area contributed by atoms with Crippen LogP contribution in [0.4, 0.5) is 5.69 Å². The molecule has 1 aliphatic rings. The van der Waals surface area contributed by atoms with E-state index in [0.717, 1.165) is 27.9 Å². The first-order valence-electron chi connectivity index (χ1n) is 6.27. The normalized spacial score (nSPS) is 18.6. The lowest BCUT2D eigenvalue weighted by atomic mass is 10.1. The topological polar surface area (TPSA) is 50.9 Å². The Hall–Kier alpha value is -1.33. The van der Waals surface area contributed by atoms with Gasteiger partial charge in [-0.2, -0.15) is 11.8 Å². The van der Waals surface area contributed by atoms with Crippen molar-refractivity contribution >= 4 is 45.6 Å². The molecule has 0 spiro atoms. The van der Waals surface area contributed by atoms with Gasteiger partial charge in [0, 0.05) is 23.4 Å². The number of thiocarbonyl (C=S) groups is 1. The minimum absolute atomic E-state index is 0.395. The molecule has 19 heavy (non-hydrogen) atoms. The number of para-hydroxylation sites is 1. The van der Waals surface area contributed by atoms with Gasteiger partial charge in [-0.3, -0.25) is 4.98 Å². The number of thioether (sulfide) groups is 1. The predicted octanol–water partition coefficient (Wildman–Crippen LogP) is 2.79. The lowest BCUT2D eigenvalue weighted by Crippen LogP contribution is -2.22. The van der Waals surface area contributed by atoms with E-state index in [9.17, 15) is 0 Å². The molecule has 2 heterocycles. The van der Waals surface area contributed by atoms with E-state index in [0.29, 0.717) is 11.0 Å². The molecule has 1 atom stereocenters. The van der Waals surface area contributed by atoms with E-state index in [1.54, 1.807) is 6.20 Å². The number of nitrogens with two attached hydrogens (primary N) is 1. The maximum Gasteiger partial charge on any atom is 0.107 e. The molecule has 0 radical (unpaired) electrons. The molecule has 1 fully saturated rings. The summed E-state index contributed by atoms with van der Waals surface area (Å²) >= 11 is 7.12. The fraction of sp³-hybridized carbons (Fsp3) is 0.286. The van der Waals surface area contributed by atoms with Crippen molar-refractivity contribution in [1.29, 1.82) is 0 Å². The van der Waals surface area contributed by atoms with Crippen LogP contribution in [-0.4, -0.2) is 27.5 Å². The van der Waals surface area contributed by atoms with Gasteiger partial charge in [0.2, 0.25) is 0 Å². The summed E-state index contributed by atoms with van der Waals surface area (Å²) in [4.78, 5) is 4.82. The Labute approximate surface area is 122 Å². The molecule has 1 saturated heterocycles. The number of nitrogens with one attached hydrogen (secondary N) is 1. The maximum atomic E-state index is 5.83. The molecule has 0 aliphatic carbocycles. The Morgan fingerprint density at radius 1 is 1.42 bits per heavy atom. The lowest BCUT2D eigenvalue weighted by molar-refractivity contribution is 0.814. The summed E-state index contributed by atoms with van der Waals surface area (Å²) in [5.41, 5.74) is 8.67. The highest BCUT2D eigenvalue weighted by Crippen LogP contribution is 2.29. The zero-order valence-electron chi connectivity index (χ0n) is 10.4. The molecule has 0 saturated carbocycles. The number of fused-ring (bicyclic) bond motifs is 1. The third kappa shape index (κ3) is 2.53. The van der Waals surface area contributed by atoms with Crippen molar-refractivity contribution in [2.45, 2.75) is 12.5 Å². The Kier molecular flexibility index (Phi) is 3.57. The summed E-state index contributed by atoms with van der Waals surface area (Å²) in [7, 11) is 0. The third-order valence-electron chi connectivity index (χ3n) is 3.32. The summed E-state index contributed by atoms with van der Waals surface area (Å²) in [5, 5.41) is 4.69. The number of aromatic nitrogens is 1. The van der Waals surface area contributed by atoms with Crippen LogP contribution in [0.2, 0.25) is 0 Å². The average molecular weight is 289 g/mol. The van der Waals surface area contributed by atoms with Gasteiger partial charge in [-0.15, -0.1) is 0 Å². The van der Waals surface area contributed by atoms with Crippen molar-refractivity contribution in [3.8, 4) is 0 Å². The Morgan fingerprint density at radius 3 is 3.00 bits per heavy atom. The van der Waals surface area contributed by atoms with E-state index in [1.165, 1.54) is 12.2 Å². The summed E-state index contributed by atoms with van der Waals surface area (Å²) in [5.74, 6) is 2.34. The van der Waals surface area contributed by atoms with Gasteiger partial charge in [-0.1, -0.05) is 30.4 Å². The van der Waals surface area contributed by atoms with Crippen LogP contribution in [0.25, 0.3) is 10.9 Å². The van der Waals surface area contributed by atoms with Gasteiger partial charge in [0.15, 0.2) is 0 Å². The van der Waals surface area contributed by atoms with Gasteiger partial charge < -0.3 is 11.1 Å². The number of anilines is 1. The molecular weight excluding hydrogens is 274 g/mol. The molecule has 3 nitrogen and oxygen atoms in total. The highest BCUT2D eigenvalue weighted by atomic mass is 32.2. The Bertz CT molecular complexity index is 621. The molecule has 1 aliphatic heterocycles. The van der Waals surface area contributed by atoms with Crippen molar-refractivity contribution in [2.24, 2.45) is 5.73 Å². The van der Waals surface area contributed by atoms with Crippen LogP contribution >= 0.6 is 24.0 Å². The van der Waals surface area contributed by atoms with Crippen LogP contribution in [0.1, 0.15) is 12.0 Å². The summed E-state index contributed by atoms with van der Waals surface area (Å²) in [6.45, 7) is 0.